The van der Waals surface area contributed by atoms with Gasteiger partial charge in [-0.15, -0.1) is 5.10 Å². The van der Waals surface area contributed by atoms with Crippen molar-refractivity contribution in [1.29, 1.82) is 0 Å². The molecular weight excluding hydrogens is 238 g/mol. The van der Waals surface area contributed by atoms with E-state index in [-0.39, 0.29) is 5.92 Å². The quantitative estimate of drug-likeness (QED) is 0.688. The molecule has 0 aliphatic heterocycles. The molecule has 0 spiro atoms. The number of hydrogen-bond acceptors (Lipinski definition) is 3. The van der Waals surface area contributed by atoms with Crippen LogP contribution in [0.3, 0.4) is 0 Å². The lowest BCUT2D eigenvalue weighted by Crippen LogP contribution is -2.08. The van der Waals surface area contributed by atoms with Crippen LogP contribution >= 0.6 is 0 Å². The van der Waals surface area contributed by atoms with Gasteiger partial charge in [-0.2, -0.15) is 0 Å². The summed E-state index contributed by atoms with van der Waals surface area (Å²) >= 11 is 0. The monoisotopic (exact) mass is 265 g/mol. The normalized spacial score (nSPS) is 11.5. The van der Waals surface area contributed by atoms with Crippen molar-refractivity contribution in [3.63, 3.8) is 0 Å². The Hall–Kier alpha value is -1.19. The van der Waals surface area contributed by atoms with Crippen molar-refractivity contribution >= 4 is 5.78 Å². The average Bonchev–Trinajstić information content (AvgIpc) is 2.76. The number of ketones is 1. The van der Waals surface area contributed by atoms with Crippen LogP contribution in [0, 0.1) is 11.8 Å². The van der Waals surface area contributed by atoms with Gasteiger partial charge in [-0.3, -0.25) is 9.48 Å². The molecule has 0 aliphatic carbocycles. The summed E-state index contributed by atoms with van der Waals surface area (Å²) in [6.07, 6.45) is 6.91. The first-order valence-electron chi connectivity index (χ1n) is 7.40. The molecular formula is C15H27N3O. The number of nitrogens with zero attached hydrogens (tertiary/aromatic N) is 3. The van der Waals surface area contributed by atoms with Crippen LogP contribution in [0.5, 0.6) is 0 Å². The summed E-state index contributed by atoms with van der Waals surface area (Å²) in [5.41, 5.74) is 1.07. The number of carbonyl (C=O) groups is 1. The molecule has 1 heterocycles. The number of Topliss-reactive ketones (excluding diaryl/α,β-unsaturated/α-hetero) is 1. The van der Waals surface area contributed by atoms with Gasteiger partial charge in [0.15, 0.2) is 0 Å². The molecule has 0 atom stereocenters. The second-order valence-electron chi connectivity index (χ2n) is 5.98. The molecule has 0 radical (unpaired) electrons. The van der Waals surface area contributed by atoms with Gasteiger partial charge < -0.3 is 0 Å². The van der Waals surface area contributed by atoms with Crippen molar-refractivity contribution in [2.45, 2.75) is 66.3 Å². The van der Waals surface area contributed by atoms with Crippen LogP contribution < -0.4 is 0 Å². The van der Waals surface area contributed by atoms with E-state index in [1.54, 1.807) is 0 Å². The van der Waals surface area contributed by atoms with E-state index < -0.39 is 0 Å². The molecule has 0 unspecified atom stereocenters. The lowest BCUT2D eigenvalue weighted by atomic mass is 10.0. The zero-order valence-electron chi connectivity index (χ0n) is 12.7. The maximum absolute atomic E-state index is 11.5. The highest BCUT2D eigenvalue weighted by Crippen LogP contribution is 2.08. The summed E-state index contributed by atoms with van der Waals surface area (Å²) in [5, 5.41) is 8.28. The van der Waals surface area contributed by atoms with Crippen LogP contribution in [0.25, 0.3) is 0 Å². The Morgan fingerprint density at radius 1 is 1.26 bits per heavy atom. The second kappa shape index (κ2) is 8.08. The molecule has 0 aromatic carbocycles. The third-order valence-corrected chi connectivity index (χ3v) is 3.25. The number of carbonyl (C=O) groups excluding carboxylic acids is 1. The minimum atomic E-state index is 0.141. The summed E-state index contributed by atoms with van der Waals surface area (Å²) in [6, 6.07) is 0. The Balaban J connectivity index is 2.25. The van der Waals surface area contributed by atoms with Crippen LogP contribution in [0.4, 0.5) is 0 Å². The van der Waals surface area contributed by atoms with Gasteiger partial charge in [0.05, 0.1) is 5.69 Å². The van der Waals surface area contributed by atoms with Crippen LogP contribution in [0.2, 0.25) is 0 Å². The second-order valence-corrected chi connectivity index (χ2v) is 5.98. The highest BCUT2D eigenvalue weighted by Gasteiger charge is 2.07. The average molecular weight is 265 g/mol. The first-order valence-corrected chi connectivity index (χ1v) is 7.40. The number of aromatic nitrogens is 3. The summed E-state index contributed by atoms with van der Waals surface area (Å²) < 4.78 is 1.86. The van der Waals surface area contributed by atoms with E-state index in [9.17, 15) is 4.79 Å². The third kappa shape index (κ3) is 6.50. The van der Waals surface area contributed by atoms with Crippen LogP contribution in [-0.2, 0) is 17.8 Å². The molecule has 4 nitrogen and oxygen atoms in total. The lowest BCUT2D eigenvalue weighted by molar-refractivity contribution is -0.122. The first-order chi connectivity index (χ1) is 8.99. The largest absolute Gasteiger partial charge is 0.299 e. The van der Waals surface area contributed by atoms with E-state index >= 15 is 0 Å². The minimum Gasteiger partial charge on any atom is -0.299 e. The zero-order valence-corrected chi connectivity index (χ0v) is 12.7. The van der Waals surface area contributed by atoms with E-state index in [2.05, 4.69) is 24.2 Å². The van der Waals surface area contributed by atoms with Gasteiger partial charge in [-0.25, -0.2) is 0 Å². The van der Waals surface area contributed by atoms with E-state index in [4.69, 9.17) is 0 Å². The Morgan fingerprint density at radius 2 is 2.00 bits per heavy atom. The number of hydrogen-bond donors (Lipinski definition) is 0. The summed E-state index contributed by atoms with van der Waals surface area (Å²) in [7, 11) is 0. The smallest absolute Gasteiger partial charge is 0.135 e. The minimum absolute atomic E-state index is 0.141. The predicted octanol–water partition coefficient (Wildman–Crippen LogP) is 3.26. The van der Waals surface area contributed by atoms with Gasteiger partial charge in [0, 0.05) is 25.1 Å². The highest BCUT2D eigenvalue weighted by atomic mass is 16.1. The van der Waals surface area contributed by atoms with Gasteiger partial charge in [0.2, 0.25) is 0 Å². The summed E-state index contributed by atoms with van der Waals surface area (Å²) in [4.78, 5) is 11.5. The molecule has 19 heavy (non-hydrogen) atoms. The standard InChI is InChI=1S/C15H27N3O/c1-12(2)7-5-8-14-11-18(17-16-14)10-6-9-15(19)13(3)4/h11-13H,5-10H2,1-4H3. The Kier molecular flexibility index (Phi) is 6.74. The van der Waals surface area contributed by atoms with E-state index in [0.717, 1.165) is 31.0 Å². The van der Waals surface area contributed by atoms with Crippen molar-refractivity contribution in [2.24, 2.45) is 11.8 Å². The van der Waals surface area contributed by atoms with Crippen molar-refractivity contribution in [1.82, 2.24) is 15.0 Å². The maximum atomic E-state index is 11.5. The molecule has 0 bridgehead atoms. The third-order valence-electron chi connectivity index (χ3n) is 3.25. The molecule has 1 rings (SSSR count). The van der Waals surface area contributed by atoms with Gasteiger partial charge >= 0.3 is 0 Å². The van der Waals surface area contributed by atoms with Crippen molar-refractivity contribution in [3.8, 4) is 0 Å². The van der Waals surface area contributed by atoms with E-state index in [1.165, 1.54) is 12.8 Å². The molecule has 108 valence electrons. The van der Waals surface area contributed by atoms with Gasteiger partial charge in [0.1, 0.15) is 5.78 Å². The van der Waals surface area contributed by atoms with Crippen molar-refractivity contribution in [3.05, 3.63) is 11.9 Å². The molecule has 0 fully saturated rings. The summed E-state index contributed by atoms with van der Waals surface area (Å²) in [6.45, 7) is 9.16. The predicted molar refractivity (Wildman–Crippen MR) is 76.9 cm³/mol. The van der Waals surface area contributed by atoms with Crippen molar-refractivity contribution in [2.75, 3.05) is 0 Å². The number of rotatable bonds is 9. The Labute approximate surface area is 116 Å². The molecule has 0 saturated carbocycles. The summed E-state index contributed by atoms with van der Waals surface area (Å²) in [5.74, 6) is 1.22. The van der Waals surface area contributed by atoms with Crippen LogP contribution in [-0.4, -0.2) is 20.8 Å². The van der Waals surface area contributed by atoms with Crippen molar-refractivity contribution < 1.29 is 4.79 Å². The maximum Gasteiger partial charge on any atom is 0.135 e. The molecule has 1 aromatic heterocycles. The van der Waals surface area contributed by atoms with Crippen LogP contribution in [0.15, 0.2) is 6.20 Å². The molecule has 0 saturated heterocycles. The molecule has 1 aromatic rings. The first kappa shape index (κ1) is 15.9. The SMILES string of the molecule is CC(C)CCCc1cn(CCCC(=O)C(C)C)nn1. The molecule has 0 amide bonds. The Bertz CT molecular complexity index is 382. The van der Waals surface area contributed by atoms with Gasteiger partial charge in [0.25, 0.3) is 0 Å². The topological polar surface area (TPSA) is 47.8 Å². The Morgan fingerprint density at radius 3 is 2.63 bits per heavy atom. The zero-order chi connectivity index (χ0) is 14.3. The van der Waals surface area contributed by atoms with Gasteiger partial charge in [-0.05, 0) is 25.2 Å². The number of aryl methyl sites for hydroxylation is 2. The van der Waals surface area contributed by atoms with Crippen LogP contribution in [0.1, 0.15) is 59.1 Å². The lowest BCUT2D eigenvalue weighted by Gasteiger charge is -2.03. The van der Waals surface area contributed by atoms with E-state index in [0.29, 0.717) is 12.2 Å². The molecule has 0 N–H and O–H groups in total. The highest BCUT2D eigenvalue weighted by molar-refractivity contribution is 5.80. The van der Waals surface area contributed by atoms with E-state index in [1.807, 2.05) is 24.7 Å². The fourth-order valence-electron chi connectivity index (χ4n) is 1.96. The van der Waals surface area contributed by atoms with Gasteiger partial charge in [-0.1, -0.05) is 39.3 Å². The fourth-order valence-corrected chi connectivity index (χ4v) is 1.96. The molecule has 4 heteroatoms. The molecule has 0 aliphatic rings. The fraction of sp³-hybridized carbons (Fsp3) is 0.800.